The largest absolute Gasteiger partial charge is 0.394 e. The molecule has 0 aromatic carbocycles. The summed E-state index contributed by atoms with van der Waals surface area (Å²) in [4.78, 5) is 16.5. The topological polar surface area (TPSA) is 130 Å². The monoisotopic (exact) mass is 532 g/mol. The minimum atomic E-state index is -3.41. The van der Waals surface area contributed by atoms with Crippen LogP contribution in [0.25, 0.3) is 0 Å². The first-order chi connectivity index (χ1) is 16.1. The summed E-state index contributed by atoms with van der Waals surface area (Å²) in [5.74, 6) is -3.61. The lowest BCUT2D eigenvalue weighted by Crippen LogP contribution is -2.48. The third-order valence-corrected chi connectivity index (χ3v) is 10.5. The van der Waals surface area contributed by atoms with Crippen molar-refractivity contribution in [2.24, 2.45) is 4.36 Å². The maximum absolute atomic E-state index is 14.6. The molecule has 1 saturated heterocycles. The number of hydrogen-bond acceptors (Lipinski definition) is 9. The number of aromatic nitrogens is 4. The minimum absolute atomic E-state index is 0.00464. The van der Waals surface area contributed by atoms with Crippen molar-refractivity contribution in [3.8, 4) is 0 Å². The standard InChI is InChI=1S/C20H23ClF2N6O3S2/c21-13-8-24-16(25-9-13)12-2-6-34(32,7-3-12)29-18-26-15-14(33(31)11-20(15,22)23)17(27-18)28-19(10-30)4-1-5-19/h8-9,12,30H,1-7,10-11H2,(H,26,27,28). The van der Waals surface area contributed by atoms with Crippen LogP contribution in [0.2, 0.25) is 5.02 Å². The molecule has 0 bridgehead atoms. The molecule has 4 heterocycles. The number of fused-ring (bicyclic) bond motifs is 1. The number of rotatable bonds is 5. The molecular weight excluding hydrogens is 510 g/mol. The summed E-state index contributed by atoms with van der Waals surface area (Å²) in [6.45, 7) is -0.216. The molecule has 5 rings (SSSR count). The summed E-state index contributed by atoms with van der Waals surface area (Å²) in [7, 11) is -4.80. The predicted molar refractivity (Wildman–Crippen MR) is 123 cm³/mol. The highest BCUT2D eigenvalue weighted by molar-refractivity contribution is 7.93. The van der Waals surface area contributed by atoms with Gasteiger partial charge < -0.3 is 10.4 Å². The molecule has 14 heteroatoms. The van der Waals surface area contributed by atoms with Crippen LogP contribution in [0.1, 0.15) is 49.5 Å². The molecule has 1 unspecified atom stereocenters. The molecule has 2 aromatic heterocycles. The van der Waals surface area contributed by atoms with Crippen molar-refractivity contribution < 1.29 is 22.3 Å². The fourth-order valence-electron chi connectivity index (χ4n) is 4.44. The zero-order valence-electron chi connectivity index (χ0n) is 18.0. The van der Waals surface area contributed by atoms with E-state index < -0.39 is 43.4 Å². The molecule has 0 amide bonds. The number of halogens is 3. The van der Waals surface area contributed by atoms with Crippen LogP contribution in [0.15, 0.2) is 21.7 Å². The van der Waals surface area contributed by atoms with Crippen LogP contribution in [0.5, 0.6) is 0 Å². The smallest absolute Gasteiger partial charge is 0.302 e. The maximum Gasteiger partial charge on any atom is 0.302 e. The average molecular weight is 533 g/mol. The van der Waals surface area contributed by atoms with E-state index in [1.54, 1.807) is 0 Å². The summed E-state index contributed by atoms with van der Waals surface area (Å²) in [6.07, 6.45) is 6.16. The Labute approximate surface area is 202 Å². The molecule has 0 radical (unpaired) electrons. The van der Waals surface area contributed by atoms with Gasteiger partial charge in [-0.1, -0.05) is 11.6 Å². The SMILES string of the molecule is O=S1CC(F)(F)c2nc(N=S3(=O)CCC(c4ncc(Cl)cn4)CC3)nc(NC3(CO)CCC3)c21. The Morgan fingerprint density at radius 3 is 2.50 bits per heavy atom. The molecule has 0 spiro atoms. The molecule has 2 aromatic rings. The highest BCUT2D eigenvalue weighted by atomic mass is 35.5. The van der Waals surface area contributed by atoms with E-state index in [1.165, 1.54) is 12.4 Å². The van der Waals surface area contributed by atoms with Gasteiger partial charge in [0, 0.05) is 29.8 Å². The van der Waals surface area contributed by atoms with E-state index >= 15 is 0 Å². The van der Waals surface area contributed by atoms with Crippen molar-refractivity contribution in [1.29, 1.82) is 0 Å². The van der Waals surface area contributed by atoms with E-state index in [2.05, 4.69) is 29.6 Å². The first-order valence-electron chi connectivity index (χ1n) is 10.9. The first kappa shape index (κ1) is 23.9. The normalized spacial score (nSPS) is 29.2. The van der Waals surface area contributed by atoms with Gasteiger partial charge in [-0.25, -0.2) is 19.2 Å². The Bertz CT molecular complexity index is 1250. The van der Waals surface area contributed by atoms with E-state index in [-0.39, 0.29) is 40.7 Å². The van der Waals surface area contributed by atoms with Gasteiger partial charge >= 0.3 is 5.92 Å². The minimum Gasteiger partial charge on any atom is -0.394 e. The Balaban J connectivity index is 1.47. The van der Waals surface area contributed by atoms with E-state index in [9.17, 15) is 22.3 Å². The van der Waals surface area contributed by atoms with Crippen LogP contribution in [-0.2, 0) is 26.5 Å². The van der Waals surface area contributed by atoms with E-state index in [1.807, 2.05) is 0 Å². The Morgan fingerprint density at radius 1 is 1.24 bits per heavy atom. The first-order valence-corrected chi connectivity index (χ1v) is 14.4. The number of aliphatic hydroxyl groups excluding tert-OH is 1. The number of hydrogen-bond donors (Lipinski definition) is 2. The number of aliphatic hydroxyl groups is 1. The van der Waals surface area contributed by atoms with Crippen molar-refractivity contribution in [2.45, 2.75) is 54.4 Å². The number of alkyl halides is 2. The second-order valence-corrected chi connectivity index (χ2v) is 13.3. The van der Waals surface area contributed by atoms with Crippen LogP contribution in [0, 0.1) is 0 Å². The zero-order valence-corrected chi connectivity index (χ0v) is 20.4. The van der Waals surface area contributed by atoms with Crippen molar-refractivity contribution in [3.63, 3.8) is 0 Å². The molecule has 2 aliphatic heterocycles. The second kappa shape index (κ2) is 8.68. The average Bonchev–Trinajstić information content (AvgIpc) is 3.00. The van der Waals surface area contributed by atoms with Gasteiger partial charge in [-0.2, -0.15) is 18.1 Å². The molecule has 1 aliphatic carbocycles. The van der Waals surface area contributed by atoms with Gasteiger partial charge in [0.1, 0.15) is 22.2 Å². The fraction of sp³-hybridized carbons (Fsp3) is 0.600. The number of anilines is 1. The summed E-state index contributed by atoms with van der Waals surface area (Å²) >= 11 is 5.84. The molecule has 2 fully saturated rings. The molecule has 1 saturated carbocycles. The van der Waals surface area contributed by atoms with Gasteiger partial charge in [0.2, 0.25) is 0 Å². The fourth-order valence-corrected chi connectivity index (χ4v) is 7.94. The summed E-state index contributed by atoms with van der Waals surface area (Å²) in [5, 5.41) is 13.3. The maximum atomic E-state index is 14.6. The lowest BCUT2D eigenvalue weighted by atomic mass is 9.77. The molecule has 34 heavy (non-hydrogen) atoms. The molecule has 2 N–H and O–H groups in total. The van der Waals surface area contributed by atoms with E-state index in [0.717, 1.165) is 6.42 Å². The Morgan fingerprint density at radius 2 is 1.91 bits per heavy atom. The Kier molecular flexibility index (Phi) is 6.10. The van der Waals surface area contributed by atoms with Gasteiger partial charge in [0.15, 0.2) is 0 Å². The van der Waals surface area contributed by atoms with Crippen molar-refractivity contribution in [3.05, 3.63) is 28.9 Å². The van der Waals surface area contributed by atoms with Gasteiger partial charge in [-0.05, 0) is 32.1 Å². The van der Waals surface area contributed by atoms with Crippen LogP contribution >= 0.6 is 11.6 Å². The summed E-state index contributed by atoms with van der Waals surface area (Å²) in [5.41, 5.74) is -1.36. The third kappa shape index (κ3) is 4.42. The van der Waals surface area contributed by atoms with Crippen molar-refractivity contribution in [2.75, 3.05) is 29.2 Å². The van der Waals surface area contributed by atoms with Crippen LogP contribution in [0.3, 0.4) is 0 Å². The Hall–Kier alpha value is -1.83. The summed E-state index contributed by atoms with van der Waals surface area (Å²) in [6, 6.07) is 0. The molecular formula is C20H23ClF2N6O3S2. The zero-order chi connectivity index (χ0) is 24.1. The summed E-state index contributed by atoms with van der Waals surface area (Å²) < 4.78 is 59.4. The lowest BCUT2D eigenvalue weighted by Gasteiger charge is -2.41. The quantitative estimate of drug-likeness (QED) is 0.600. The van der Waals surface area contributed by atoms with Gasteiger partial charge in [0.05, 0.1) is 43.4 Å². The molecule has 184 valence electrons. The second-order valence-electron chi connectivity index (χ2n) is 8.97. The number of nitrogens with one attached hydrogen (secondary N) is 1. The molecule has 1 atom stereocenters. The molecule has 9 nitrogen and oxygen atoms in total. The number of nitrogens with zero attached hydrogens (tertiary/aromatic N) is 5. The predicted octanol–water partition coefficient (Wildman–Crippen LogP) is 3.14. The van der Waals surface area contributed by atoms with Crippen LogP contribution < -0.4 is 5.32 Å². The lowest BCUT2D eigenvalue weighted by molar-refractivity contribution is 0.0192. The van der Waals surface area contributed by atoms with Gasteiger partial charge in [0.25, 0.3) is 5.95 Å². The highest BCUT2D eigenvalue weighted by Crippen LogP contribution is 2.45. The van der Waals surface area contributed by atoms with Crippen LogP contribution in [0.4, 0.5) is 20.5 Å². The van der Waals surface area contributed by atoms with Crippen LogP contribution in [-0.4, -0.2) is 62.9 Å². The third-order valence-electron chi connectivity index (χ3n) is 6.56. The van der Waals surface area contributed by atoms with E-state index in [4.69, 9.17) is 11.6 Å². The van der Waals surface area contributed by atoms with Gasteiger partial charge in [-0.15, -0.1) is 0 Å². The van der Waals surface area contributed by atoms with Crippen molar-refractivity contribution >= 4 is 43.9 Å². The highest BCUT2D eigenvalue weighted by Gasteiger charge is 2.49. The van der Waals surface area contributed by atoms with Crippen molar-refractivity contribution in [1.82, 2.24) is 19.9 Å². The molecule has 3 aliphatic rings. The van der Waals surface area contributed by atoms with E-state index in [0.29, 0.717) is 36.5 Å². The van der Waals surface area contributed by atoms with Gasteiger partial charge in [-0.3, -0.25) is 4.21 Å².